The van der Waals surface area contributed by atoms with Gasteiger partial charge in [0.05, 0.1) is 0 Å². The summed E-state index contributed by atoms with van der Waals surface area (Å²) >= 11 is 0. The van der Waals surface area contributed by atoms with Crippen molar-refractivity contribution in [2.24, 2.45) is 0 Å². The Morgan fingerprint density at radius 1 is 1.38 bits per heavy atom. The van der Waals surface area contributed by atoms with Gasteiger partial charge < -0.3 is 20.6 Å². The highest BCUT2D eigenvalue weighted by atomic mass is 16.4. The number of hydrogen-bond donors (Lipinski definition) is 3. The first-order valence-corrected chi connectivity index (χ1v) is 6.38. The fourth-order valence-corrected chi connectivity index (χ4v) is 1.90. The summed E-state index contributed by atoms with van der Waals surface area (Å²) in [5, 5.41) is 13.9. The smallest absolute Gasteiger partial charge is 0.328 e. The molecule has 7 nitrogen and oxygen atoms in total. The molecule has 3 amide bonds. The highest BCUT2D eigenvalue weighted by Crippen LogP contribution is 2.13. The van der Waals surface area contributed by atoms with Crippen molar-refractivity contribution in [3.05, 3.63) is 35.9 Å². The second-order valence-electron chi connectivity index (χ2n) is 4.50. The fourth-order valence-electron chi connectivity index (χ4n) is 1.90. The van der Waals surface area contributed by atoms with E-state index in [1.165, 1.54) is 11.0 Å². The zero-order chi connectivity index (χ0) is 15.2. The number of hydrogen-bond acceptors (Lipinski definition) is 3. The zero-order valence-electron chi connectivity index (χ0n) is 11.2. The lowest BCUT2D eigenvalue weighted by atomic mass is 10.2. The average Bonchev–Trinajstić information content (AvgIpc) is 2.45. The SMILES string of the molecule is O=C(O)/C=C/c1cccc(NC(=O)N2CCNC(=O)C2)c1. The Hall–Kier alpha value is -2.83. The largest absolute Gasteiger partial charge is 0.478 e. The summed E-state index contributed by atoms with van der Waals surface area (Å²) in [4.78, 5) is 35.1. The van der Waals surface area contributed by atoms with Crippen molar-refractivity contribution in [2.45, 2.75) is 0 Å². The summed E-state index contributed by atoms with van der Waals surface area (Å²) in [7, 11) is 0. The van der Waals surface area contributed by atoms with Crippen LogP contribution >= 0.6 is 0 Å². The van der Waals surface area contributed by atoms with Crippen molar-refractivity contribution in [1.29, 1.82) is 0 Å². The number of piperazine rings is 1. The van der Waals surface area contributed by atoms with Crippen LogP contribution in [0.15, 0.2) is 30.3 Å². The molecule has 7 heteroatoms. The number of carboxylic acid groups (broad SMARTS) is 1. The topological polar surface area (TPSA) is 98.7 Å². The number of anilines is 1. The molecule has 0 saturated carbocycles. The maximum atomic E-state index is 12.0. The summed E-state index contributed by atoms with van der Waals surface area (Å²) in [5.41, 5.74) is 1.20. The van der Waals surface area contributed by atoms with Crippen LogP contribution in [0.3, 0.4) is 0 Å². The summed E-state index contributed by atoms with van der Waals surface area (Å²) in [6.07, 6.45) is 2.46. The summed E-state index contributed by atoms with van der Waals surface area (Å²) in [6.45, 7) is 0.925. The van der Waals surface area contributed by atoms with Crippen LogP contribution in [0.25, 0.3) is 6.08 Å². The predicted octanol–water partition coefficient (Wildman–Crippen LogP) is 0.748. The molecule has 110 valence electrons. The molecule has 0 atom stereocenters. The van der Waals surface area contributed by atoms with Crippen LogP contribution in [-0.4, -0.2) is 47.5 Å². The van der Waals surface area contributed by atoms with Crippen LogP contribution in [0, 0.1) is 0 Å². The molecule has 1 aromatic rings. The molecule has 0 aromatic heterocycles. The minimum atomic E-state index is -1.04. The molecule has 0 radical (unpaired) electrons. The summed E-state index contributed by atoms with van der Waals surface area (Å²) < 4.78 is 0. The van der Waals surface area contributed by atoms with Gasteiger partial charge in [-0.05, 0) is 23.8 Å². The van der Waals surface area contributed by atoms with Gasteiger partial charge in [-0.25, -0.2) is 9.59 Å². The Balaban J connectivity index is 2.02. The van der Waals surface area contributed by atoms with Crippen molar-refractivity contribution >= 4 is 29.7 Å². The first-order chi connectivity index (χ1) is 10.0. The van der Waals surface area contributed by atoms with Gasteiger partial charge in [0.15, 0.2) is 0 Å². The van der Waals surface area contributed by atoms with Gasteiger partial charge in [-0.15, -0.1) is 0 Å². The Labute approximate surface area is 121 Å². The molecule has 1 fully saturated rings. The number of aliphatic carboxylic acids is 1. The molecule has 21 heavy (non-hydrogen) atoms. The molecule has 0 bridgehead atoms. The van der Waals surface area contributed by atoms with Crippen molar-refractivity contribution in [2.75, 3.05) is 25.0 Å². The Kier molecular flexibility index (Phi) is 4.55. The molecular weight excluding hydrogens is 274 g/mol. The van der Waals surface area contributed by atoms with E-state index >= 15 is 0 Å². The predicted molar refractivity (Wildman–Crippen MR) is 76.7 cm³/mol. The lowest BCUT2D eigenvalue weighted by molar-refractivity contribution is -0.131. The van der Waals surface area contributed by atoms with E-state index in [0.717, 1.165) is 6.08 Å². The molecular formula is C14H15N3O4. The number of benzene rings is 1. The van der Waals surface area contributed by atoms with Crippen LogP contribution in [0.2, 0.25) is 0 Å². The number of carboxylic acids is 1. The van der Waals surface area contributed by atoms with Crippen molar-refractivity contribution in [3.63, 3.8) is 0 Å². The molecule has 1 aromatic carbocycles. The van der Waals surface area contributed by atoms with Crippen molar-refractivity contribution < 1.29 is 19.5 Å². The van der Waals surface area contributed by atoms with Crippen molar-refractivity contribution in [3.8, 4) is 0 Å². The Bertz CT molecular complexity index is 598. The maximum Gasteiger partial charge on any atom is 0.328 e. The van der Waals surface area contributed by atoms with E-state index in [1.54, 1.807) is 24.3 Å². The minimum Gasteiger partial charge on any atom is -0.478 e. The number of nitrogens with zero attached hydrogens (tertiary/aromatic N) is 1. The second-order valence-corrected chi connectivity index (χ2v) is 4.50. The van der Waals surface area contributed by atoms with E-state index in [1.807, 2.05) is 0 Å². The van der Waals surface area contributed by atoms with Gasteiger partial charge in [0.25, 0.3) is 0 Å². The summed E-state index contributed by atoms with van der Waals surface area (Å²) in [6, 6.07) is 6.43. The monoisotopic (exact) mass is 289 g/mol. The Morgan fingerprint density at radius 3 is 2.90 bits per heavy atom. The quantitative estimate of drug-likeness (QED) is 0.715. The van der Waals surface area contributed by atoms with Crippen molar-refractivity contribution in [1.82, 2.24) is 10.2 Å². The van der Waals surface area contributed by atoms with E-state index in [-0.39, 0.29) is 18.5 Å². The van der Waals surface area contributed by atoms with E-state index < -0.39 is 5.97 Å². The molecule has 0 unspecified atom stereocenters. The lowest BCUT2D eigenvalue weighted by Crippen LogP contribution is -2.51. The van der Waals surface area contributed by atoms with Gasteiger partial charge in [-0.1, -0.05) is 12.1 Å². The van der Waals surface area contributed by atoms with Gasteiger partial charge in [0, 0.05) is 24.9 Å². The van der Waals surface area contributed by atoms with Gasteiger partial charge in [-0.2, -0.15) is 0 Å². The lowest BCUT2D eigenvalue weighted by Gasteiger charge is -2.26. The van der Waals surface area contributed by atoms with Gasteiger partial charge >= 0.3 is 12.0 Å². The average molecular weight is 289 g/mol. The van der Waals surface area contributed by atoms with Gasteiger partial charge in [0.1, 0.15) is 6.54 Å². The number of amides is 3. The molecule has 0 spiro atoms. The highest BCUT2D eigenvalue weighted by Gasteiger charge is 2.20. The first kappa shape index (κ1) is 14.6. The maximum absolute atomic E-state index is 12.0. The van der Waals surface area contributed by atoms with E-state index in [9.17, 15) is 14.4 Å². The van der Waals surface area contributed by atoms with E-state index in [4.69, 9.17) is 5.11 Å². The van der Waals surface area contributed by atoms with Crippen LogP contribution in [0.1, 0.15) is 5.56 Å². The number of rotatable bonds is 3. The minimum absolute atomic E-state index is 0.0322. The molecule has 0 aliphatic carbocycles. The van der Waals surface area contributed by atoms with Crippen LogP contribution in [-0.2, 0) is 9.59 Å². The van der Waals surface area contributed by atoms with Crippen LogP contribution in [0.4, 0.5) is 10.5 Å². The molecule has 1 aliphatic heterocycles. The first-order valence-electron chi connectivity index (χ1n) is 6.38. The molecule has 2 rings (SSSR count). The third kappa shape index (κ3) is 4.34. The summed E-state index contributed by atoms with van der Waals surface area (Å²) in [5.74, 6) is -1.22. The zero-order valence-corrected chi connectivity index (χ0v) is 11.2. The standard InChI is InChI=1S/C14H15N3O4/c18-12-9-17(7-6-15-12)14(21)16-11-3-1-2-10(8-11)4-5-13(19)20/h1-5,8H,6-7,9H2,(H,15,18)(H,16,21)(H,19,20)/b5-4+. The van der Waals surface area contributed by atoms with E-state index in [0.29, 0.717) is 24.3 Å². The van der Waals surface area contributed by atoms with Gasteiger partial charge in [0.2, 0.25) is 5.91 Å². The number of nitrogens with one attached hydrogen (secondary N) is 2. The van der Waals surface area contributed by atoms with Crippen LogP contribution in [0.5, 0.6) is 0 Å². The Morgan fingerprint density at radius 2 is 2.19 bits per heavy atom. The molecule has 1 heterocycles. The van der Waals surface area contributed by atoms with Gasteiger partial charge in [-0.3, -0.25) is 4.79 Å². The third-order valence-electron chi connectivity index (χ3n) is 2.88. The van der Waals surface area contributed by atoms with E-state index in [2.05, 4.69) is 10.6 Å². The highest BCUT2D eigenvalue weighted by molar-refractivity contribution is 5.93. The molecule has 1 aliphatic rings. The number of carbonyl (C=O) groups excluding carboxylic acids is 2. The van der Waals surface area contributed by atoms with Crippen LogP contribution < -0.4 is 10.6 Å². The fraction of sp³-hybridized carbons (Fsp3) is 0.214. The third-order valence-corrected chi connectivity index (χ3v) is 2.88. The molecule has 3 N–H and O–H groups in total. The normalized spacial score (nSPS) is 14.9. The second kappa shape index (κ2) is 6.56. The number of urea groups is 1. The number of carbonyl (C=O) groups is 3. The molecule has 1 saturated heterocycles.